The molecule has 0 aliphatic carbocycles. The Kier molecular flexibility index (Phi) is 5.01. The van der Waals surface area contributed by atoms with Gasteiger partial charge in [0.2, 0.25) is 5.91 Å². The van der Waals surface area contributed by atoms with Gasteiger partial charge in [0.15, 0.2) is 5.65 Å². The highest BCUT2D eigenvalue weighted by Gasteiger charge is 2.26. The van der Waals surface area contributed by atoms with Gasteiger partial charge in [0.1, 0.15) is 18.9 Å². The number of ether oxygens (including phenoxy) is 1. The van der Waals surface area contributed by atoms with Crippen LogP contribution in [0.4, 0.5) is 5.69 Å². The molecule has 1 aliphatic rings. The first-order chi connectivity index (χ1) is 15.6. The highest BCUT2D eigenvalue weighted by Crippen LogP contribution is 2.32. The third-order valence-corrected chi connectivity index (χ3v) is 5.85. The van der Waals surface area contributed by atoms with Gasteiger partial charge in [0, 0.05) is 6.20 Å². The second-order valence-corrected chi connectivity index (χ2v) is 7.93. The number of carbonyl (C=O) groups excluding carboxylic acids is 1. The van der Waals surface area contributed by atoms with Crippen LogP contribution in [0.25, 0.3) is 16.7 Å². The molecular formula is C25H24N4O3. The van der Waals surface area contributed by atoms with Crippen molar-refractivity contribution < 1.29 is 9.53 Å². The van der Waals surface area contributed by atoms with E-state index in [0.29, 0.717) is 35.6 Å². The summed E-state index contributed by atoms with van der Waals surface area (Å²) in [4.78, 5) is 32.9. The average Bonchev–Trinajstić information content (AvgIpc) is 3.10. The molecule has 1 amide bonds. The molecule has 7 heteroatoms. The number of rotatable bonds is 4. The van der Waals surface area contributed by atoms with Crippen LogP contribution in [-0.2, 0) is 17.8 Å². The molecular weight excluding hydrogens is 404 g/mol. The highest BCUT2D eigenvalue weighted by atomic mass is 16.5. The third kappa shape index (κ3) is 3.36. The molecule has 0 radical (unpaired) electrons. The van der Waals surface area contributed by atoms with Crippen molar-refractivity contribution in [3.8, 4) is 11.4 Å². The summed E-state index contributed by atoms with van der Waals surface area (Å²) in [6.45, 7) is 4.94. The van der Waals surface area contributed by atoms with Gasteiger partial charge in [-0.3, -0.25) is 14.3 Å². The Labute approximate surface area is 185 Å². The Hall–Kier alpha value is -3.87. The lowest BCUT2D eigenvalue weighted by Gasteiger charge is -2.30. The van der Waals surface area contributed by atoms with E-state index < -0.39 is 0 Å². The van der Waals surface area contributed by atoms with E-state index in [-0.39, 0.29) is 18.0 Å². The van der Waals surface area contributed by atoms with Crippen LogP contribution in [0.2, 0.25) is 0 Å². The SMILES string of the molecule is CCc1ccc(-n2c(=O)c3cccnc3n2CC(=O)N2CCOc3ccc(C)cc32)cc1. The van der Waals surface area contributed by atoms with Crippen LogP contribution >= 0.6 is 0 Å². The van der Waals surface area contributed by atoms with Gasteiger partial charge in [-0.1, -0.05) is 25.1 Å². The van der Waals surface area contributed by atoms with Crippen molar-refractivity contribution in [1.82, 2.24) is 14.3 Å². The van der Waals surface area contributed by atoms with Crippen LogP contribution in [0, 0.1) is 6.92 Å². The normalized spacial score (nSPS) is 13.1. The molecule has 1 aliphatic heterocycles. The van der Waals surface area contributed by atoms with Gasteiger partial charge in [0.05, 0.1) is 23.3 Å². The van der Waals surface area contributed by atoms with Gasteiger partial charge < -0.3 is 9.64 Å². The summed E-state index contributed by atoms with van der Waals surface area (Å²) in [5, 5.41) is 0.484. The molecule has 0 N–H and O–H groups in total. The largest absolute Gasteiger partial charge is 0.490 e. The Balaban J connectivity index is 1.60. The van der Waals surface area contributed by atoms with Crippen LogP contribution in [0.1, 0.15) is 18.1 Å². The second kappa shape index (κ2) is 8.00. The van der Waals surface area contributed by atoms with Crippen molar-refractivity contribution in [2.24, 2.45) is 0 Å². The summed E-state index contributed by atoms with van der Waals surface area (Å²) >= 11 is 0. The van der Waals surface area contributed by atoms with Crippen molar-refractivity contribution in [1.29, 1.82) is 0 Å². The molecule has 3 heterocycles. The summed E-state index contributed by atoms with van der Waals surface area (Å²) in [6, 6.07) is 17.1. The minimum Gasteiger partial charge on any atom is -0.490 e. The quantitative estimate of drug-likeness (QED) is 0.499. The van der Waals surface area contributed by atoms with E-state index in [2.05, 4.69) is 11.9 Å². The fraction of sp³-hybridized carbons (Fsp3) is 0.240. The molecule has 32 heavy (non-hydrogen) atoms. The molecule has 0 unspecified atom stereocenters. The Morgan fingerprint density at radius 2 is 1.94 bits per heavy atom. The van der Waals surface area contributed by atoms with Crippen LogP contribution in [0.3, 0.4) is 0 Å². The highest BCUT2D eigenvalue weighted by molar-refractivity contribution is 5.96. The zero-order valence-corrected chi connectivity index (χ0v) is 18.1. The fourth-order valence-corrected chi connectivity index (χ4v) is 4.16. The van der Waals surface area contributed by atoms with Crippen molar-refractivity contribution >= 4 is 22.6 Å². The summed E-state index contributed by atoms with van der Waals surface area (Å²) in [5.74, 6) is 0.569. The van der Waals surface area contributed by atoms with Crippen LogP contribution < -0.4 is 15.2 Å². The maximum absolute atomic E-state index is 13.5. The molecule has 0 fully saturated rings. The van der Waals surface area contributed by atoms with Crippen molar-refractivity contribution in [3.63, 3.8) is 0 Å². The average molecular weight is 428 g/mol. The van der Waals surface area contributed by atoms with Gasteiger partial charge >= 0.3 is 0 Å². The number of nitrogens with zero attached hydrogens (tertiary/aromatic N) is 4. The van der Waals surface area contributed by atoms with Crippen molar-refractivity contribution in [2.75, 3.05) is 18.1 Å². The molecule has 2 aromatic carbocycles. The number of aryl methyl sites for hydroxylation is 2. The molecule has 7 nitrogen and oxygen atoms in total. The van der Waals surface area contributed by atoms with Gasteiger partial charge in [0.25, 0.3) is 5.56 Å². The number of anilines is 1. The standard InChI is InChI=1S/C25H24N4O3/c1-3-18-7-9-19(10-8-18)29-25(31)20-5-4-12-26-24(20)28(29)16-23(30)27-13-14-32-22-11-6-17(2)15-21(22)27/h4-12,15H,3,13-14,16H2,1-2H3. The predicted molar refractivity (Wildman–Crippen MR) is 124 cm³/mol. The summed E-state index contributed by atoms with van der Waals surface area (Å²) in [6.07, 6.45) is 2.55. The van der Waals surface area contributed by atoms with E-state index >= 15 is 0 Å². The number of pyridine rings is 1. The van der Waals surface area contributed by atoms with Gasteiger partial charge in [-0.25, -0.2) is 9.67 Å². The zero-order chi connectivity index (χ0) is 22.2. The number of hydrogen-bond acceptors (Lipinski definition) is 4. The maximum Gasteiger partial charge on any atom is 0.280 e. The van der Waals surface area contributed by atoms with Gasteiger partial charge in [-0.05, 0) is 60.9 Å². The number of hydrogen-bond donors (Lipinski definition) is 0. The monoisotopic (exact) mass is 428 g/mol. The lowest BCUT2D eigenvalue weighted by atomic mass is 10.1. The minimum absolute atomic E-state index is 0.0152. The van der Waals surface area contributed by atoms with Crippen LogP contribution in [0.15, 0.2) is 65.6 Å². The molecule has 0 saturated carbocycles. The molecule has 0 saturated heterocycles. The summed E-state index contributed by atoms with van der Waals surface area (Å²) < 4.78 is 8.95. The van der Waals surface area contributed by atoms with Crippen LogP contribution in [0.5, 0.6) is 5.75 Å². The Morgan fingerprint density at radius 3 is 2.72 bits per heavy atom. The topological polar surface area (TPSA) is 69.4 Å². The summed E-state index contributed by atoms with van der Waals surface area (Å²) in [7, 11) is 0. The molecule has 2 aromatic heterocycles. The van der Waals surface area contributed by atoms with Crippen molar-refractivity contribution in [3.05, 3.63) is 82.3 Å². The number of amides is 1. The molecule has 0 bridgehead atoms. The second-order valence-electron chi connectivity index (χ2n) is 7.93. The predicted octanol–water partition coefficient (Wildman–Crippen LogP) is 3.48. The van der Waals surface area contributed by atoms with E-state index in [1.165, 1.54) is 5.56 Å². The van der Waals surface area contributed by atoms with Gasteiger partial charge in [-0.2, -0.15) is 0 Å². The van der Waals surface area contributed by atoms with E-state index in [4.69, 9.17) is 4.74 Å². The fourth-order valence-electron chi connectivity index (χ4n) is 4.16. The first-order valence-electron chi connectivity index (χ1n) is 10.8. The first kappa shape index (κ1) is 20.1. The Morgan fingerprint density at radius 1 is 1.12 bits per heavy atom. The first-order valence-corrected chi connectivity index (χ1v) is 10.8. The van der Waals surface area contributed by atoms with E-state index in [1.54, 1.807) is 32.6 Å². The third-order valence-electron chi connectivity index (χ3n) is 5.85. The number of carbonyl (C=O) groups is 1. The minimum atomic E-state index is -0.191. The smallest absolute Gasteiger partial charge is 0.280 e. The lowest BCUT2D eigenvalue weighted by Crippen LogP contribution is -2.41. The number of fused-ring (bicyclic) bond motifs is 2. The number of aromatic nitrogens is 3. The summed E-state index contributed by atoms with van der Waals surface area (Å²) in [5.41, 5.74) is 3.99. The molecule has 0 spiro atoms. The van der Waals surface area contributed by atoms with Crippen LogP contribution in [-0.4, -0.2) is 33.4 Å². The Bertz CT molecular complexity index is 1370. The van der Waals surface area contributed by atoms with Crippen molar-refractivity contribution in [2.45, 2.75) is 26.8 Å². The molecule has 4 aromatic rings. The molecule has 5 rings (SSSR count). The van der Waals surface area contributed by atoms with E-state index in [0.717, 1.165) is 17.7 Å². The van der Waals surface area contributed by atoms with Gasteiger partial charge in [-0.15, -0.1) is 0 Å². The van der Waals surface area contributed by atoms with E-state index in [1.807, 2.05) is 49.4 Å². The zero-order valence-electron chi connectivity index (χ0n) is 18.1. The molecule has 0 atom stereocenters. The molecule has 162 valence electrons. The lowest BCUT2D eigenvalue weighted by molar-refractivity contribution is -0.119. The number of benzene rings is 2. The van der Waals surface area contributed by atoms with E-state index in [9.17, 15) is 9.59 Å². The maximum atomic E-state index is 13.5.